The third-order valence-electron chi connectivity index (χ3n) is 14.7. The van der Waals surface area contributed by atoms with Gasteiger partial charge in [-0.1, -0.05) is 48.0 Å². The lowest BCUT2D eigenvalue weighted by atomic mass is 10.1. The Morgan fingerprint density at radius 1 is 0.408 bits per heavy atom. The fraction of sp³-hybridized carbons (Fsp3) is 0.412. The molecule has 0 amide bonds. The first-order chi connectivity index (χ1) is 47.7. The summed E-state index contributed by atoms with van der Waals surface area (Å²) in [4.78, 5) is 155. The van der Waals surface area contributed by atoms with E-state index >= 15 is 0 Å². The second kappa shape index (κ2) is 34.8. The summed E-state index contributed by atoms with van der Waals surface area (Å²) in [7, 11) is -31.9. The Balaban J connectivity index is 0.000000216. The monoisotopic (exact) mass is 1610 g/mol. The first-order valence-electron chi connectivity index (χ1n) is 28.9. The molecule has 6 heterocycles. The summed E-state index contributed by atoms with van der Waals surface area (Å²) in [5.74, 6) is -2.20. The van der Waals surface area contributed by atoms with Crippen LogP contribution in [-0.2, 0) is 107 Å². The summed E-state index contributed by atoms with van der Waals surface area (Å²) < 4.78 is 152. The van der Waals surface area contributed by atoms with Crippen LogP contribution in [0.4, 0.5) is 13.2 Å². The van der Waals surface area contributed by atoms with E-state index in [1.165, 1.54) is 18.2 Å². The van der Waals surface area contributed by atoms with E-state index in [-0.39, 0.29) is 43.6 Å². The minimum Gasteiger partial charge on any atom is -0.387 e. The summed E-state index contributed by atoms with van der Waals surface area (Å²) in [6.07, 6.45) is -16.6. The molecule has 0 saturated carbocycles. The van der Waals surface area contributed by atoms with Crippen LogP contribution < -0.4 is 33.7 Å². The molecular weight excluding hydrogens is 1550 g/mol. The molecule has 103 heavy (non-hydrogen) atoms. The molecule has 3 aromatic carbocycles. The summed E-state index contributed by atoms with van der Waals surface area (Å²) in [5.41, 5.74) is -3.81. The molecule has 15 atom stereocenters. The van der Waals surface area contributed by atoms with Crippen LogP contribution in [0.5, 0.6) is 0 Å². The van der Waals surface area contributed by atoms with E-state index in [0.29, 0.717) is 22.1 Å². The Morgan fingerprint density at radius 3 is 1.05 bits per heavy atom. The van der Waals surface area contributed by atoms with Crippen molar-refractivity contribution >= 4 is 58.5 Å². The van der Waals surface area contributed by atoms with Gasteiger partial charge in [0, 0.05) is 67.5 Å². The van der Waals surface area contributed by atoms with E-state index in [9.17, 15) is 115 Å². The number of benzene rings is 3. The van der Waals surface area contributed by atoms with E-state index < -0.39 is 192 Å². The number of nitrogens with zero attached hydrogens (tertiary/aromatic N) is 6. The molecule has 9 rings (SSSR count). The molecule has 0 radical (unpaired) electrons. The van der Waals surface area contributed by atoms with Crippen molar-refractivity contribution in [2.45, 2.75) is 113 Å². The molecular formula is C51H62ClF3N6O36P6. The van der Waals surface area contributed by atoms with Crippen LogP contribution in [0.25, 0.3) is 0 Å². The van der Waals surface area contributed by atoms with Crippen molar-refractivity contribution < 1.29 is 156 Å². The van der Waals surface area contributed by atoms with Crippen LogP contribution in [0.15, 0.2) is 132 Å². The average molecular weight is 1610 g/mol. The molecule has 570 valence electrons. The summed E-state index contributed by atoms with van der Waals surface area (Å²) in [6, 6.07) is 18.4. The summed E-state index contributed by atoms with van der Waals surface area (Å²) >= 11 is 5.84. The number of aliphatic hydroxyl groups excluding tert-OH is 6. The third-order valence-corrected chi connectivity index (χ3v) is 21.4. The maximum atomic E-state index is 13.9. The molecule has 0 spiro atoms. The van der Waals surface area contributed by atoms with Gasteiger partial charge in [0.25, 0.3) is 16.7 Å². The fourth-order valence-corrected chi connectivity index (χ4v) is 14.8. The first-order valence-corrected chi connectivity index (χ1v) is 38.4. The number of halogens is 4. The normalized spacial score (nSPS) is 24.7. The second-order valence-electron chi connectivity index (χ2n) is 21.8. The van der Waals surface area contributed by atoms with Crippen LogP contribution in [0, 0.1) is 17.5 Å². The Bertz CT molecular complexity index is 4690. The Labute approximate surface area is 577 Å². The largest absolute Gasteiger partial charge is 0.481 e. The zero-order valence-electron chi connectivity index (χ0n) is 51.8. The van der Waals surface area contributed by atoms with Crippen LogP contribution in [0.2, 0.25) is 5.02 Å². The Kier molecular flexibility index (Phi) is 28.6. The van der Waals surface area contributed by atoms with Gasteiger partial charge in [-0.15, -0.1) is 0 Å². The highest BCUT2D eigenvalue weighted by Crippen LogP contribution is 2.60. The molecule has 52 heteroatoms. The fourth-order valence-electron chi connectivity index (χ4n) is 9.84. The number of aliphatic hydroxyl groups is 6. The Hall–Kier alpha value is -5.80. The van der Waals surface area contributed by atoms with Gasteiger partial charge in [-0.2, -0.15) is 12.9 Å². The molecule has 3 aliphatic heterocycles. The summed E-state index contributed by atoms with van der Waals surface area (Å²) in [6.45, 7) is -3.40. The molecule has 0 bridgehead atoms. The quantitative estimate of drug-likeness (QED) is 0.0257. The van der Waals surface area contributed by atoms with E-state index in [2.05, 4.69) is 26.5 Å². The molecule has 6 unspecified atom stereocenters. The van der Waals surface area contributed by atoms with Crippen molar-refractivity contribution in [1.82, 2.24) is 27.4 Å². The third kappa shape index (κ3) is 23.6. The van der Waals surface area contributed by atoms with Crippen LogP contribution in [0.1, 0.15) is 35.4 Å². The topological polar surface area (TPSA) is 621 Å². The molecule has 15 N–H and O–H groups in total. The smallest absolute Gasteiger partial charge is 0.387 e. The number of ether oxygens (including phenoxy) is 3. The predicted molar refractivity (Wildman–Crippen MR) is 335 cm³/mol. The SMILES string of the molecule is O=c1ccn([C@@H]2O[C@H](COP(=O)(O)OP(=O)(O)O)[C@H](O)C2O)c(=O)n1CCc1ccc(Cl)cc1.O=c1ccn([C@@H]2O[C@H](COP(=O)(O)OP(=O)(O)O)[C@H](O)C2O)c(=O)n1CCc1ccc(F)cc1F.O=c1ccn([C@@H]2O[C@H](COP(=O)(O)OP(=O)(O)O)[C@H](O)C2O)c(=O)n1CCc1ccccc1F. The van der Waals surface area contributed by atoms with Gasteiger partial charge >= 0.3 is 64.0 Å². The highest BCUT2D eigenvalue weighted by molar-refractivity contribution is 7.61. The number of aryl methyl sites for hydroxylation is 3. The standard InChI is InChI=1S/C17H21ClN2O12P2.C17H20F2N2O12P2.C17H21FN2O12P2/c18-11-3-1-10(2-4-11)5-7-19-13(21)6-8-20(17(19)24)16-15(23)14(22)12(31-16)9-30-34(28,29)32-33(25,26)27;18-10-2-1-9(11(19)7-10)3-5-20-13(22)4-6-21(17(20)25)16-15(24)14(23)12(32-16)8-31-35(29,30)33-34(26,27)28;18-11-4-2-1-3-10(11)5-7-19-13(21)6-8-20(17(19)24)16-15(23)14(22)12(31-16)9-30-34(28,29)32-33(25,26)27/h1-4,6,8,12,14-16,22-23H,5,7,9H2,(H,28,29)(H2,25,26,27);1-2,4,6-7,12,14-16,23-24H,3,5,8H2,(H,29,30)(H2,26,27,28);1-4,6,8,12,14-16,22-23H,5,7,9H2,(H,28,29)(H2,25,26,27)/t3*12-,14+,15?,16-/m111/s1. The van der Waals surface area contributed by atoms with Crippen molar-refractivity contribution in [3.8, 4) is 0 Å². The van der Waals surface area contributed by atoms with Crippen LogP contribution >= 0.6 is 58.5 Å². The molecule has 6 aromatic rings. The zero-order valence-corrected chi connectivity index (χ0v) is 57.9. The zero-order chi connectivity index (χ0) is 76.6. The lowest BCUT2D eigenvalue weighted by Crippen LogP contribution is -2.43. The number of phosphoric acid groups is 6. The van der Waals surface area contributed by atoms with E-state index in [0.717, 1.165) is 77.3 Å². The van der Waals surface area contributed by atoms with Gasteiger partial charge in [0.05, 0.1) is 19.8 Å². The van der Waals surface area contributed by atoms with Gasteiger partial charge < -0.3 is 88.9 Å². The number of hydrogen-bond donors (Lipinski definition) is 15. The van der Waals surface area contributed by atoms with Crippen molar-refractivity contribution in [1.29, 1.82) is 0 Å². The van der Waals surface area contributed by atoms with Gasteiger partial charge in [-0.25, -0.2) is 54.9 Å². The van der Waals surface area contributed by atoms with E-state index in [1.54, 1.807) is 30.3 Å². The summed E-state index contributed by atoms with van der Waals surface area (Å²) in [5, 5.41) is 62.0. The molecule has 42 nitrogen and oxygen atoms in total. The number of aromatic nitrogens is 6. The minimum absolute atomic E-state index is 0.00432. The molecule has 0 aliphatic carbocycles. The Morgan fingerprint density at radius 2 is 0.728 bits per heavy atom. The van der Waals surface area contributed by atoms with Crippen LogP contribution in [0.3, 0.4) is 0 Å². The van der Waals surface area contributed by atoms with Crippen molar-refractivity contribution in [3.63, 3.8) is 0 Å². The lowest BCUT2D eigenvalue weighted by molar-refractivity contribution is -0.0548. The second-order valence-corrected chi connectivity index (χ2v) is 30.8. The molecule has 3 fully saturated rings. The van der Waals surface area contributed by atoms with Gasteiger partial charge in [0.1, 0.15) is 72.4 Å². The molecule has 3 aromatic heterocycles. The first kappa shape index (κ1) is 84.5. The van der Waals surface area contributed by atoms with Crippen LogP contribution in [-0.4, -0.2) is 177 Å². The number of hydrogen-bond acceptors (Lipinski definition) is 27. The minimum atomic E-state index is -5.40. The van der Waals surface area contributed by atoms with E-state index in [1.807, 2.05) is 0 Å². The highest BCUT2D eigenvalue weighted by Gasteiger charge is 2.49. The van der Waals surface area contributed by atoms with Gasteiger partial charge in [0.2, 0.25) is 0 Å². The lowest BCUT2D eigenvalue weighted by Gasteiger charge is -2.19. The highest BCUT2D eigenvalue weighted by atomic mass is 35.5. The van der Waals surface area contributed by atoms with Crippen molar-refractivity contribution in [3.05, 3.63) is 205 Å². The maximum Gasteiger partial charge on any atom is 0.481 e. The van der Waals surface area contributed by atoms with Crippen molar-refractivity contribution in [2.75, 3.05) is 19.8 Å². The molecule has 3 aliphatic rings. The van der Waals surface area contributed by atoms with Gasteiger partial charge in [-0.3, -0.25) is 55.4 Å². The number of phosphoric ester groups is 3. The maximum absolute atomic E-state index is 13.9. The number of rotatable bonds is 27. The van der Waals surface area contributed by atoms with Gasteiger partial charge in [0.15, 0.2) is 18.7 Å². The van der Waals surface area contributed by atoms with Crippen molar-refractivity contribution in [2.24, 2.45) is 0 Å². The van der Waals surface area contributed by atoms with E-state index in [4.69, 9.17) is 55.2 Å². The average Bonchev–Trinajstić information content (AvgIpc) is 1.69. The molecule has 3 saturated heterocycles. The predicted octanol–water partition coefficient (Wildman–Crippen LogP) is -1.63. The van der Waals surface area contributed by atoms with Gasteiger partial charge in [-0.05, 0) is 60.2 Å².